The summed E-state index contributed by atoms with van der Waals surface area (Å²) < 4.78 is 19.3. The lowest BCUT2D eigenvalue weighted by molar-refractivity contribution is -0.0103. The number of hydrogen-bond donors (Lipinski definition) is 0. The Labute approximate surface area is 128 Å². The van der Waals surface area contributed by atoms with Crippen molar-refractivity contribution in [1.82, 2.24) is 15.1 Å². The van der Waals surface area contributed by atoms with Crippen LogP contribution in [0.2, 0.25) is 0 Å². The summed E-state index contributed by atoms with van der Waals surface area (Å²) >= 11 is 0. The van der Waals surface area contributed by atoms with Crippen molar-refractivity contribution in [3.8, 4) is 17.1 Å². The lowest BCUT2D eigenvalue weighted by Crippen LogP contribution is -2.52. The first-order chi connectivity index (χ1) is 10.8. The first-order valence-electron chi connectivity index (χ1n) is 7.76. The molecule has 0 aliphatic carbocycles. The standard InChI is InChI=1S/C17H18FN3O/c18-14-3-1-2-13(10-14)15-4-5-17(20-19-15)22-16-11-21-8-6-12(16)7-9-21/h1-5,10,12,16H,6-9,11H2. The Morgan fingerprint density at radius 2 is 1.95 bits per heavy atom. The molecule has 114 valence electrons. The second kappa shape index (κ2) is 5.65. The fraction of sp³-hybridized carbons (Fsp3) is 0.412. The van der Waals surface area contributed by atoms with E-state index in [-0.39, 0.29) is 11.9 Å². The van der Waals surface area contributed by atoms with Crippen LogP contribution in [0.25, 0.3) is 11.3 Å². The number of hydrogen-bond acceptors (Lipinski definition) is 4. The normalized spacial score (nSPS) is 26.9. The average molecular weight is 299 g/mol. The number of benzene rings is 1. The van der Waals surface area contributed by atoms with Gasteiger partial charge in [-0.3, -0.25) is 4.90 Å². The van der Waals surface area contributed by atoms with Crippen molar-refractivity contribution in [2.24, 2.45) is 5.92 Å². The monoisotopic (exact) mass is 299 g/mol. The average Bonchev–Trinajstić information content (AvgIpc) is 2.57. The van der Waals surface area contributed by atoms with E-state index in [4.69, 9.17) is 4.74 Å². The Morgan fingerprint density at radius 3 is 2.59 bits per heavy atom. The molecule has 0 saturated carbocycles. The van der Waals surface area contributed by atoms with Crippen molar-refractivity contribution in [3.63, 3.8) is 0 Å². The summed E-state index contributed by atoms with van der Waals surface area (Å²) in [6.45, 7) is 3.36. The molecule has 3 fully saturated rings. The molecule has 4 nitrogen and oxygen atoms in total. The fourth-order valence-corrected chi connectivity index (χ4v) is 3.38. The van der Waals surface area contributed by atoms with Crippen molar-refractivity contribution < 1.29 is 9.13 Å². The molecule has 1 atom stereocenters. The highest BCUT2D eigenvalue weighted by molar-refractivity contribution is 5.58. The zero-order valence-corrected chi connectivity index (χ0v) is 12.3. The molecule has 1 aromatic heterocycles. The molecule has 5 rings (SSSR count). The molecule has 22 heavy (non-hydrogen) atoms. The van der Waals surface area contributed by atoms with Crippen molar-refractivity contribution in [2.75, 3.05) is 19.6 Å². The van der Waals surface area contributed by atoms with E-state index in [1.54, 1.807) is 6.07 Å². The molecule has 3 saturated heterocycles. The molecular weight excluding hydrogens is 281 g/mol. The fourth-order valence-electron chi connectivity index (χ4n) is 3.38. The van der Waals surface area contributed by atoms with Gasteiger partial charge in [0.05, 0.1) is 5.69 Å². The Kier molecular flexibility index (Phi) is 3.50. The van der Waals surface area contributed by atoms with E-state index in [0.29, 0.717) is 17.5 Å². The van der Waals surface area contributed by atoms with E-state index in [2.05, 4.69) is 15.1 Å². The lowest BCUT2D eigenvalue weighted by Gasteiger charge is -2.44. The second-order valence-electron chi connectivity index (χ2n) is 6.06. The highest BCUT2D eigenvalue weighted by atomic mass is 19.1. The van der Waals surface area contributed by atoms with Gasteiger partial charge in [-0.2, -0.15) is 0 Å². The van der Waals surface area contributed by atoms with Gasteiger partial charge in [-0.25, -0.2) is 4.39 Å². The van der Waals surface area contributed by atoms with Gasteiger partial charge in [-0.05, 0) is 50.0 Å². The largest absolute Gasteiger partial charge is 0.472 e. The maximum absolute atomic E-state index is 13.2. The summed E-state index contributed by atoms with van der Waals surface area (Å²) in [6, 6.07) is 10.0. The Bertz CT molecular complexity index is 653. The highest BCUT2D eigenvalue weighted by Crippen LogP contribution is 2.30. The van der Waals surface area contributed by atoms with Gasteiger partial charge >= 0.3 is 0 Å². The molecule has 2 bridgehead atoms. The van der Waals surface area contributed by atoms with E-state index >= 15 is 0 Å². The van der Waals surface area contributed by atoms with Gasteiger partial charge in [0.25, 0.3) is 0 Å². The molecular formula is C17H18FN3O. The quantitative estimate of drug-likeness (QED) is 0.873. The summed E-state index contributed by atoms with van der Waals surface area (Å²) in [5.41, 5.74) is 1.38. The predicted molar refractivity (Wildman–Crippen MR) is 81.0 cm³/mol. The van der Waals surface area contributed by atoms with Gasteiger partial charge in [0, 0.05) is 18.2 Å². The smallest absolute Gasteiger partial charge is 0.233 e. The zero-order chi connectivity index (χ0) is 14.9. The third-order valence-corrected chi connectivity index (χ3v) is 4.63. The van der Waals surface area contributed by atoms with Crippen LogP contribution in [-0.4, -0.2) is 40.8 Å². The molecule has 3 aliphatic heterocycles. The summed E-state index contributed by atoms with van der Waals surface area (Å²) in [7, 11) is 0. The van der Waals surface area contributed by atoms with Gasteiger partial charge in [-0.15, -0.1) is 10.2 Å². The summed E-state index contributed by atoms with van der Waals surface area (Å²) in [4.78, 5) is 2.44. The van der Waals surface area contributed by atoms with Gasteiger partial charge in [0.1, 0.15) is 11.9 Å². The third kappa shape index (κ3) is 2.68. The summed E-state index contributed by atoms with van der Waals surface area (Å²) in [6.07, 6.45) is 2.63. The Morgan fingerprint density at radius 1 is 1.09 bits per heavy atom. The minimum Gasteiger partial charge on any atom is -0.472 e. The molecule has 0 spiro atoms. The number of aromatic nitrogens is 2. The Hall–Kier alpha value is -2.01. The number of ether oxygens (including phenoxy) is 1. The van der Waals surface area contributed by atoms with Gasteiger partial charge < -0.3 is 4.74 Å². The first kappa shape index (κ1) is 13.6. The van der Waals surface area contributed by atoms with E-state index in [0.717, 1.165) is 12.1 Å². The van der Waals surface area contributed by atoms with Crippen molar-refractivity contribution >= 4 is 0 Å². The van der Waals surface area contributed by atoms with Crippen LogP contribution < -0.4 is 4.74 Å². The van der Waals surface area contributed by atoms with Crippen LogP contribution >= 0.6 is 0 Å². The molecule has 4 heterocycles. The van der Waals surface area contributed by atoms with Gasteiger partial charge in [0.15, 0.2) is 0 Å². The first-order valence-corrected chi connectivity index (χ1v) is 7.76. The highest BCUT2D eigenvalue weighted by Gasteiger charge is 2.35. The molecule has 5 heteroatoms. The number of fused-ring (bicyclic) bond motifs is 3. The maximum Gasteiger partial charge on any atom is 0.233 e. The van der Waals surface area contributed by atoms with E-state index < -0.39 is 0 Å². The van der Waals surface area contributed by atoms with Crippen molar-refractivity contribution in [2.45, 2.75) is 18.9 Å². The molecule has 0 radical (unpaired) electrons. The number of halogens is 1. The minimum absolute atomic E-state index is 0.219. The summed E-state index contributed by atoms with van der Waals surface area (Å²) in [5.74, 6) is 0.917. The Balaban J connectivity index is 1.48. The van der Waals surface area contributed by atoms with Crippen molar-refractivity contribution in [3.05, 3.63) is 42.2 Å². The minimum atomic E-state index is -0.271. The maximum atomic E-state index is 13.2. The number of piperidine rings is 3. The zero-order valence-electron chi connectivity index (χ0n) is 12.3. The summed E-state index contributed by atoms with van der Waals surface area (Å²) in [5, 5.41) is 8.31. The second-order valence-corrected chi connectivity index (χ2v) is 6.06. The molecule has 2 aromatic rings. The predicted octanol–water partition coefficient (Wildman–Crippen LogP) is 2.76. The van der Waals surface area contributed by atoms with Crippen LogP contribution in [0.5, 0.6) is 5.88 Å². The van der Waals surface area contributed by atoms with Crippen LogP contribution in [0.3, 0.4) is 0 Å². The molecule has 1 aromatic carbocycles. The molecule has 0 N–H and O–H groups in total. The van der Waals surface area contributed by atoms with Crippen LogP contribution in [-0.2, 0) is 0 Å². The van der Waals surface area contributed by atoms with Gasteiger partial charge in [0.2, 0.25) is 5.88 Å². The van der Waals surface area contributed by atoms with Crippen LogP contribution in [0, 0.1) is 11.7 Å². The molecule has 3 aliphatic rings. The van der Waals surface area contributed by atoms with Crippen molar-refractivity contribution in [1.29, 1.82) is 0 Å². The number of rotatable bonds is 3. The van der Waals surface area contributed by atoms with Gasteiger partial charge in [-0.1, -0.05) is 12.1 Å². The SMILES string of the molecule is Fc1cccc(-c2ccc(OC3CN4CCC3CC4)nn2)c1. The van der Waals surface area contributed by atoms with Crippen LogP contribution in [0.4, 0.5) is 4.39 Å². The lowest BCUT2D eigenvalue weighted by atomic mass is 9.86. The van der Waals surface area contributed by atoms with E-state index in [1.165, 1.54) is 38.1 Å². The number of nitrogens with zero attached hydrogens (tertiary/aromatic N) is 3. The topological polar surface area (TPSA) is 38.2 Å². The van der Waals surface area contributed by atoms with Crippen LogP contribution in [0.1, 0.15) is 12.8 Å². The van der Waals surface area contributed by atoms with E-state index in [9.17, 15) is 4.39 Å². The van der Waals surface area contributed by atoms with Crippen LogP contribution in [0.15, 0.2) is 36.4 Å². The third-order valence-electron chi connectivity index (χ3n) is 4.63. The molecule has 1 unspecified atom stereocenters. The van der Waals surface area contributed by atoms with E-state index in [1.807, 2.05) is 18.2 Å². The molecule has 0 amide bonds.